The summed E-state index contributed by atoms with van der Waals surface area (Å²) in [5, 5.41) is 3.49. The fourth-order valence-electron chi connectivity index (χ4n) is 2.41. The molecule has 3 heterocycles. The minimum Gasteiger partial charge on any atom is -0.314 e. The topological polar surface area (TPSA) is 21.8 Å². The van der Waals surface area contributed by atoms with Crippen LogP contribution in [0.3, 0.4) is 0 Å². The quantitative estimate of drug-likeness (QED) is 0.544. The highest BCUT2D eigenvalue weighted by Gasteiger charge is 2.41. The molecular weight excluding hydrogens is 183 g/mol. The van der Waals surface area contributed by atoms with Crippen molar-refractivity contribution in [1.29, 1.82) is 0 Å². The third kappa shape index (κ3) is 1.41. The molecule has 0 aromatic carbocycles. The highest BCUT2D eigenvalue weighted by Crippen LogP contribution is 2.54. The summed E-state index contributed by atoms with van der Waals surface area (Å²) >= 11 is 0. The molecule has 74 valence electrons. The molecular formula is C8H17N4P. The Kier molecular flexibility index (Phi) is 2.27. The zero-order valence-corrected chi connectivity index (χ0v) is 8.84. The van der Waals surface area contributed by atoms with Crippen LogP contribution in [0, 0.1) is 0 Å². The van der Waals surface area contributed by atoms with Crippen LogP contribution >= 0.6 is 8.37 Å². The van der Waals surface area contributed by atoms with Gasteiger partial charge >= 0.3 is 0 Å². The van der Waals surface area contributed by atoms with Crippen LogP contribution in [0.5, 0.6) is 0 Å². The van der Waals surface area contributed by atoms with Crippen molar-refractivity contribution in [1.82, 2.24) is 19.3 Å². The first kappa shape index (κ1) is 8.57. The first-order valence-electron chi connectivity index (χ1n) is 5.20. The van der Waals surface area contributed by atoms with Crippen LogP contribution in [0.15, 0.2) is 0 Å². The summed E-state index contributed by atoms with van der Waals surface area (Å²) in [5.41, 5.74) is 0. The molecule has 3 aliphatic heterocycles. The molecule has 0 aromatic rings. The van der Waals surface area contributed by atoms with Gasteiger partial charge in [0, 0.05) is 52.4 Å². The Labute approximate surface area is 80.8 Å². The predicted octanol–water partition coefficient (Wildman–Crippen LogP) is -0.250. The van der Waals surface area contributed by atoms with Gasteiger partial charge in [0.15, 0.2) is 0 Å². The molecule has 0 aliphatic carbocycles. The van der Waals surface area contributed by atoms with Crippen molar-refractivity contribution in [2.45, 2.75) is 0 Å². The van der Waals surface area contributed by atoms with E-state index in [0.717, 1.165) is 0 Å². The summed E-state index contributed by atoms with van der Waals surface area (Å²) in [7, 11) is -0.0146. The second-order valence-electron chi connectivity index (χ2n) is 3.88. The number of hydrogen-bond acceptors (Lipinski definition) is 4. The Bertz CT molecular complexity index is 183. The van der Waals surface area contributed by atoms with E-state index in [0.29, 0.717) is 0 Å². The van der Waals surface area contributed by atoms with Gasteiger partial charge < -0.3 is 5.32 Å². The van der Waals surface area contributed by atoms with Gasteiger partial charge in [0.1, 0.15) is 8.37 Å². The van der Waals surface area contributed by atoms with Crippen molar-refractivity contribution < 1.29 is 0 Å². The highest BCUT2D eigenvalue weighted by molar-refractivity contribution is 7.50. The molecule has 0 unspecified atom stereocenters. The van der Waals surface area contributed by atoms with Gasteiger partial charge in [-0.1, -0.05) is 0 Å². The molecule has 3 fully saturated rings. The lowest BCUT2D eigenvalue weighted by Gasteiger charge is -2.33. The van der Waals surface area contributed by atoms with E-state index in [4.69, 9.17) is 0 Å². The number of rotatable bonds is 0. The van der Waals surface area contributed by atoms with Gasteiger partial charge in [0.05, 0.1) is 0 Å². The summed E-state index contributed by atoms with van der Waals surface area (Å²) in [5.74, 6) is 0. The molecule has 3 rings (SSSR count). The fourth-order valence-corrected chi connectivity index (χ4v) is 5.12. The monoisotopic (exact) mass is 200 g/mol. The molecule has 0 atom stereocenters. The van der Waals surface area contributed by atoms with Gasteiger partial charge in [0.25, 0.3) is 0 Å². The molecule has 0 amide bonds. The predicted molar refractivity (Wildman–Crippen MR) is 54.5 cm³/mol. The van der Waals surface area contributed by atoms with E-state index in [1.807, 2.05) is 0 Å². The van der Waals surface area contributed by atoms with Crippen LogP contribution in [0.25, 0.3) is 0 Å². The molecule has 0 radical (unpaired) electrons. The van der Waals surface area contributed by atoms with Gasteiger partial charge in [-0.3, -0.25) is 14.0 Å². The molecule has 5 heteroatoms. The Morgan fingerprint density at radius 3 is 1.69 bits per heavy atom. The maximum Gasteiger partial charge on any atom is 0.120 e. The van der Waals surface area contributed by atoms with E-state index in [9.17, 15) is 0 Å². The second-order valence-corrected chi connectivity index (χ2v) is 6.11. The molecule has 3 saturated heterocycles. The van der Waals surface area contributed by atoms with E-state index in [1.54, 1.807) is 0 Å². The van der Waals surface area contributed by atoms with Gasteiger partial charge in [0.2, 0.25) is 0 Å². The standard InChI is InChI=1S/C8H17N4P/c1-3-10-5-7-12-8-6-11(13(10)12)4-2-9-1/h9H,1-8H2. The Hall–Kier alpha value is 0.270. The van der Waals surface area contributed by atoms with Gasteiger partial charge in [-0.05, 0) is 0 Å². The van der Waals surface area contributed by atoms with Crippen molar-refractivity contribution in [3.63, 3.8) is 0 Å². The average Bonchev–Trinajstić information content (AvgIpc) is 2.60. The normalized spacial score (nSPS) is 33.2. The lowest BCUT2D eigenvalue weighted by atomic mass is 10.4. The number of hydrogen-bond donors (Lipinski definition) is 1. The Morgan fingerprint density at radius 1 is 0.692 bits per heavy atom. The second kappa shape index (κ2) is 3.44. The maximum absolute atomic E-state index is 3.49. The largest absolute Gasteiger partial charge is 0.314 e. The van der Waals surface area contributed by atoms with E-state index in [-0.39, 0.29) is 8.37 Å². The lowest BCUT2D eigenvalue weighted by molar-refractivity contribution is 0.372. The summed E-state index contributed by atoms with van der Waals surface area (Å²) in [4.78, 5) is 0. The minimum atomic E-state index is -0.0146. The number of nitrogens with one attached hydrogen (secondary N) is 1. The summed E-state index contributed by atoms with van der Waals surface area (Å²) in [6, 6.07) is 0. The van der Waals surface area contributed by atoms with Crippen LogP contribution in [0.1, 0.15) is 0 Å². The third-order valence-corrected chi connectivity index (χ3v) is 5.80. The zero-order chi connectivity index (χ0) is 8.67. The molecule has 0 spiro atoms. The van der Waals surface area contributed by atoms with E-state index in [2.05, 4.69) is 19.3 Å². The van der Waals surface area contributed by atoms with Crippen molar-refractivity contribution in [3.05, 3.63) is 0 Å². The minimum absolute atomic E-state index is 0.0146. The third-order valence-electron chi connectivity index (χ3n) is 3.08. The SMILES string of the molecule is C1CN2CCN3CCN(CCN1)P23. The van der Waals surface area contributed by atoms with Crippen molar-refractivity contribution in [2.75, 3.05) is 52.4 Å². The van der Waals surface area contributed by atoms with E-state index in [1.165, 1.54) is 52.4 Å². The van der Waals surface area contributed by atoms with Gasteiger partial charge in [-0.2, -0.15) is 0 Å². The van der Waals surface area contributed by atoms with Crippen molar-refractivity contribution >= 4 is 8.37 Å². The van der Waals surface area contributed by atoms with Crippen LogP contribution in [0.2, 0.25) is 0 Å². The average molecular weight is 200 g/mol. The van der Waals surface area contributed by atoms with Crippen LogP contribution in [-0.2, 0) is 0 Å². The van der Waals surface area contributed by atoms with Gasteiger partial charge in [-0.25, -0.2) is 0 Å². The summed E-state index contributed by atoms with van der Waals surface area (Å²) < 4.78 is 8.03. The number of nitrogens with zero attached hydrogens (tertiary/aromatic N) is 3. The molecule has 0 saturated carbocycles. The molecule has 13 heavy (non-hydrogen) atoms. The first-order chi connectivity index (χ1) is 6.45. The Morgan fingerprint density at radius 2 is 1.15 bits per heavy atom. The van der Waals surface area contributed by atoms with Crippen LogP contribution in [-0.4, -0.2) is 66.4 Å². The van der Waals surface area contributed by atoms with Crippen LogP contribution < -0.4 is 5.32 Å². The molecule has 0 bridgehead atoms. The van der Waals surface area contributed by atoms with Crippen molar-refractivity contribution in [2.24, 2.45) is 0 Å². The fraction of sp³-hybridized carbons (Fsp3) is 1.00. The molecule has 0 aromatic heterocycles. The molecule has 1 N–H and O–H groups in total. The smallest absolute Gasteiger partial charge is 0.120 e. The molecule has 3 aliphatic rings. The van der Waals surface area contributed by atoms with Crippen LogP contribution in [0.4, 0.5) is 0 Å². The maximum atomic E-state index is 3.49. The first-order valence-corrected chi connectivity index (χ1v) is 6.40. The van der Waals surface area contributed by atoms with Gasteiger partial charge in [-0.15, -0.1) is 0 Å². The zero-order valence-electron chi connectivity index (χ0n) is 7.95. The van der Waals surface area contributed by atoms with Crippen molar-refractivity contribution in [3.8, 4) is 0 Å². The Balaban J connectivity index is 1.79. The summed E-state index contributed by atoms with van der Waals surface area (Å²) in [6.07, 6.45) is 0. The molecule has 4 nitrogen and oxygen atoms in total. The van der Waals surface area contributed by atoms with E-state index < -0.39 is 0 Å². The summed E-state index contributed by atoms with van der Waals surface area (Å²) in [6.45, 7) is 10.1. The van der Waals surface area contributed by atoms with E-state index >= 15 is 0 Å². The lowest BCUT2D eigenvalue weighted by Crippen LogP contribution is -2.38. The highest BCUT2D eigenvalue weighted by atomic mass is 31.2.